The Hall–Kier alpha value is -0.550. The third-order valence-corrected chi connectivity index (χ3v) is 2.75. The van der Waals surface area contributed by atoms with Crippen molar-refractivity contribution in [2.45, 2.75) is 13.3 Å². The van der Waals surface area contributed by atoms with Crippen molar-refractivity contribution >= 4 is 22.6 Å². The van der Waals surface area contributed by atoms with Gasteiger partial charge in [0, 0.05) is 6.61 Å². The van der Waals surface area contributed by atoms with E-state index in [-0.39, 0.29) is 0 Å². The molecule has 0 amide bonds. The van der Waals surface area contributed by atoms with E-state index in [0.717, 1.165) is 21.3 Å². The smallest absolute Gasteiger partial charge is 0.189 e. The van der Waals surface area contributed by atoms with Crippen molar-refractivity contribution in [2.75, 3.05) is 13.4 Å². The zero-order chi connectivity index (χ0) is 11.1. The van der Waals surface area contributed by atoms with Gasteiger partial charge in [0.25, 0.3) is 0 Å². The number of halogens is 1. The zero-order valence-electron chi connectivity index (χ0n) is 8.83. The van der Waals surface area contributed by atoms with Crippen LogP contribution in [0.2, 0.25) is 0 Å². The monoisotopic (exact) mass is 318 g/mol. The van der Waals surface area contributed by atoms with E-state index in [1.54, 1.807) is 0 Å². The Kier molecular flexibility index (Phi) is 5.71. The highest BCUT2D eigenvalue weighted by Crippen LogP contribution is 2.26. The molecular formula is C12H15IO2. The van der Waals surface area contributed by atoms with Crippen LogP contribution >= 0.6 is 22.6 Å². The fourth-order valence-corrected chi connectivity index (χ4v) is 1.93. The summed E-state index contributed by atoms with van der Waals surface area (Å²) >= 11 is 2.26. The van der Waals surface area contributed by atoms with E-state index in [2.05, 4.69) is 29.2 Å². The van der Waals surface area contributed by atoms with Crippen molar-refractivity contribution in [1.29, 1.82) is 0 Å². The van der Waals surface area contributed by atoms with Gasteiger partial charge in [-0.1, -0.05) is 18.2 Å². The second-order valence-corrected chi connectivity index (χ2v) is 4.14. The Bertz CT molecular complexity index is 323. The second kappa shape index (κ2) is 6.85. The molecule has 0 heterocycles. The first-order valence-corrected chi connectivity index (χ1v) is 5.96. The molecule has 0 saturated heterocycles. The van der Waals surface area contributed by atoms with Crippen LogP contribution < -0.4 is 4.74 Å². The second-order valence-electron chi connectivity index (χ2n) is 2.98. The maximum absolute atomic E-state index is 5.58. The van der Waals surface area contributed by atoms with Gasteiger partial charge in [-0.3, -0.25) is 0 Å². The molecule has 1 aromatic carbocycles. The van der Waals surface area contributed by atoms with Gasteiger partial charge in [0.2, 0.25) is 0 Å². The van der Waals surface area contributed by atoms with Crippen LogP contribution in [-0.2, 0) is 11.2 Å². The average Bonchev–Trinajstić information content (AvgIpc) is 2.23. The molecule has 0 N–H and O–H groups in total. The van der Waals surface area contributed by atoms with Crippen LogP contribution in [0.3, 0.4) is 0 Å². The molecule has 0 radical (unpaired) electrons. The average molecular weight is 318 g/mol. The van der Waals surface area contributed by atoms with E-state index in [1.807, 2.05) is 31.2 Å². The minimum Gasteiger partial charge on any atom is -0.466 e. The Morgan fingerprint density at radius 2 is 2.27 bits per heavy atom. The van der Waals surface area contributed by atoms with E-state index >= 15 is 0 Å². The van der Waals surface area contributed by atoms with Gasteiger partial charge in [-0.2, -0.15) is 0 Å². The highest BCUT2D eigenvalue weighted by molar-refractivity contribution is 14.1. The quantitative estimate of drug-likeness (QED) is 0.346. The molecule has 15 heavy (non-hydrogen) atoms. The summed E-state index contributed by atoms with van der Waals surface area (Å²) in [5.74, 6) is 0.909. The molecule has 0 atom stereocenters. The van der Waals surface area contributed by atoms with Crippen molar-refractivity contribution < 1.29 is 9.47 Å². The number of allylic oxidation sites excluding steroid dienone is 1. The minimum absolute atomic E-state index is 0.306. The first-order chi connectivity index (χ1) is 7.29. The Morgan fingerprint density at radius 1 is 1.47 bits per heavy atom. The summed E-state index contributed by atoms with van der Waals surface area (Å²) in [4.78, 5) is 0. The summed E-state index contributed by atoms with van der Waals surface area (Å²) in [6, 6.07) is 6.09. The van der Waals surface area contributed by atoms with Gasteiger partial charge in [-0.15, -0.1) is 6.58 Å². The summed E-state index contributed by atoms with van der Waals surface area (Å²) in [7, 11) is 0. The van der Waals surface area contributed by atoms with Crippen LogP contribution in [0, 0.1) is 3.57 Å². The third-order valence-electron chi connectivity index (χ3n) is 1.90. The lowest BCUT2D eigenvalue weighted by atomic mass is 10.1. The molecule has 0 unspecified atom stereocenters. The molecule has 3 heteroatoms. The van der Waals surface area contributed by atoms with Gasteiger partial charge in [0.1, 0.15) is 5.75 Å². The van der Waals surface area contributed by atoms with Gasteiger partial charge < -0.3 is 9.47 Å². The Labute approximate surface area is 104 Å². The number of para-hydroxylation sites is 1. The largest absolute Gasteiger partial charge is 0.466 e. The van der Waals surface area contributed by atoms with E-state index in [4.69, 9.17) is 9.47 Å². The van der Waals surface area contributed by atoms with Crippen LogP contribution in [0.5, 0.6) is 5.75 Å². The van der Waals surface area contributed by atoms with Crippen molar-refractivity contribution in [2.24, 2.45) is 0 Å². The molecule has 0 spiro atoms. The fourth-order valence-electron chi connectivity index (χ4n) is 1.22. The zero-order valence-corrected chi connectivity index (χ0v) is 11.0. The van der Waals surface area contributed by atoms with Gasteiger partial charge >= 0.3 is 0 Å². The summed E-state index contributed by atoms with van der Waals surface area (Å²) in [5, 5.41) is 0. The highest BCUT2D eigenvalue weighted by atomic mass is 127. The molecule has 0 aliphatic carbocycles. The standard InChI is InChI=1S/C12H15IO2/c1-3-6-10-7-5-8-11(13)12(10)15-9-14-4-2/h3,5,7-8H,1,4,6,9H2,2H3. The SMILES string of the molecule is C=CCc1cccc(I)c1OCOCC. The molecule has 0 fully saturated rings. The summed E-state index contributed by atoms with van der Waals surface area (Å²) in [6.45, 7) is 6.66. The molecule has 1 aromatic rings. The van der Waals surface area contributed by atoms with Crippen LogP contribution in [0.15, 0.2) is 30.9 Å². The van der Waals surface area contributed by atoms with E-state index in [1.165, 1.54) is 0 Å². The third kappa shape index (κ3) is 3.83. The molecular weight excluding hydrogens is 303 g/mol. The first-order valence-electron chi connectivity index (χ1n) is 4.88. The van der Waals surface area contributed by atoms with E-state index < -0.39 is 0 Å². The van der Waals surface area contributed by atoms with Gasteiger partial charge in [-0.25, -0.2) is 0 Å². The predicted octanol–water partition coefficient (Wildman–Crippen LogP) is 3.39. The molecule has 0 aliphatic heterocycles. The molecule has 0 saturated carbocycles. The Morgan fingerprint density at radius 3 is 2.93 bits per heavy atom. The molecule has 1 rings (SSSR count). The van der Waals surface area contributed by atoms with E-state index in [9.17, 15) is 0 Å². The molecule has 0 aromatic heterocycles. The maximum atomic E-state index is 5.58. The molecule has 82 valence electrons. The number of ether oxygens (including phenoxy) is 2. The topological polar surface area (TPSA) is 18.5 Å². The van der Waals surface area contributed by atoms with Crippen LogP contribution in [0.25, 0.3) is 0 Å². The lowest BCUT2D eigenvalue weighted by molar-refractivity contribution is 0.0214. The van der Waals surface area contributed by atoms with Gasteiger partial charge in [0.15, 0.2) is 6.79 Å². The number of hydrogen-bond donors (Lipinski definition) is 0. The molecule has 2 nitrogen and oxygen atoms in total. The first kappa shape index (κ1) is 12.5. The normalized spacial score (nSPS) is 10.0. The molecule has 0 bridgehead atoms. The predicted molar refractivity (Wildman–Crippen MR) is 70.2 cm³/mol. The van der Waals surface area contributed by atoms with Gasteiger partial charge in [-0.05, 0) is 47.6 Å². The Balaban J connectivity index is 2.77. The minimum atomic E-state index is 0.306. The lowest BCUT2D eigenvalue weighted by Gasteiger charge is -2.11. The van der Waals surface area contributed by atoms with Crippen molar-refractivity contribution in [1.82, 2.24) is 0 Å². The number of hydrogen-bond acceptors (Lipinski definition) is 2. The lowest BCUT2D eigenvalue weighted by Crippen LogP contribution is -2.05. The van der Waals surface area contributed by atoms with Crippen molar-refractivity contribution in [3.05, 3.63) is 40.0 Å². The summed E-state index contributed by atoms with van der Waals surface area (Å²) < 4.78 is 11.9. The number of benzene rings is 1. The summed E-state index contributed by atoms with van der Waals surface area (Å²) in [6.07, 6.45) is 2.69. The van der Waals surface area contributed by atoms with Crippen LogP contribution in [0.1, 0.15) is 12.5 Å². The van der Waals surface area contributed by atoms with Gasteiger partial charge in [0.05, 0.1) is 3.57 Å². The van der Waals surface area contributed by atoms with Crippen LogP contribution in [0.4, 0.5) is 0 Å². The maximum Gasteiger partial charge on any atom is 0.189 e. The van der Waals surface area contributed by atoms with E-state index in [0.29, 0.717) is 13.4 Å². The fraction of sp³-hybridized carbons (Fsp3) is 0.333. The van der Waals surface area contributed by atoms with Crippen LogP contribution in [-0.4, -0.2) is 13.4 Å². The van der Waals surface area contributed by atoms with Crippen molar-refractivity contribution in [3.8, 4) is 5.75 Å². The number of rotatable bonds is 6. The molecule has 0 aliphatic rings. The summed E-state index contributed by atoms with van der Waals surface area (Å²) in [5.41, 5.74) is 1.15. The van der Waals surface area contributed by atoms with Crippen molar-refractivity contribution in [3.63, 3.8) is 0 Å². The highest BCUT2D eigenvalue weighted by Gasteiger charge is 2.06.